The minimum atomic E-state index is -0.330. The summed E-state index contributed by atoms with van der Waals surface area (Å²) in [7, 11) is 0. The van der Waals surface area contributed by atoms with Crippen molar-refractivity contribution in [1.82, 2.24) is 0 Å². The third kappa shape index (κ3) is 15.4. The SMILES string of the molecule is C=CC(=O)OCCCCCCCCCCCOc1ccc(CCc2ccc(OC(=O)c3ccc(CCCCCC)cc3)cc2)cc1. The van der Waals surface area contributed by atoms with Gasteiger partial charge in [0.05, 0.1) is 18.8 Å². The molecule has 5 nitrogen and oxygen atoms in total. The first kappa shape index (κ1) is 36.6. The van der Waals surface area contributed by atoms with Crippen LogP contribution in [-0.2, 0) is 28.8 Å². The van der Waals surface area contributed by atoms with Crippen molar-refractivity contribution in [3.8, 4) is 11.5 Å². The number of aryl methyl sites for hydroxylation is 3. The lowest BCUT2D eigenvalue weighted by atomic mass is 10.0. The first-order chi connectivity index (χ1) is 22.6. The molecule has 0 unspecified atom stereocenters. The van der Waals surface area contributed by atoms with E-state index in [9.17, 15) is 9.59 Å². The van der Waals surface area contributed by atoms with Gasteiger partial charge in [0, 0.05) is 6.08 Å². The monoisotopic (exact) mass is 626 g/mol. The Kier molecular flexibility index (Phi) is 18.0. The highest BCUT2D eigenvalue weighted by Gasteiger charge is 2.09. The average Bonchev–Trinajstić information content (AvgIpc) is 3.09. The number of ether oxygens (including phenoxy) is 3. The van der Waals surface area contributed by atoms with Crippen molar-refractivity contribution in [3.05, 3.63) is 108 Å². The fourth-order valence-corrected chi connectivity index (χ4v) is 5.36. The van der Waals surface area contributed by atoms with E-state index in [-0.39, 0.29) is 11.9 Å². The quantitative estimate of drug-likeness (QED) is 0.0428. The third-order valence-electron chi connectivity index (χ3n) is 8.24. The van der Waals surface area contributed by atoms with Crippen molar-refractivity contribution in [2.75, 3.05) is 13.2 Å². The van der Waals surface area contributed by atoms with Gasteiger partial charge in [-0.2, -0.15) is 0 Å². The highest BCUT2D eigenvalue weighted by molar-refractivity contribution is 5.91. The average molecular weight is 627 g/mol. The number of unbranched alkanes of at least 4 members (excludes halogenated alkanes) is 11. The van der Waals surface area contributed by atoms with Crippen molar-refractivity contribution < 1.29 is 23.8 Å². The number of hydrogen-bond acceptors (Lipinski definition) is 5. The molecule has 5 heteroatoms. The largest absolute Gasteiger partial charge is 0.494 e. The summed E-state index contributed by atoms with van der Waals surface area (Å²) in [4.78, 5) is 23.6. The van der Waals surface area contributed by atoms with E-state index in [4.69, 9.17) is 14.2 Å². The van der Waals surface area contributed by atoms with Crippen LogP contribution in [0.15, 0.2) is 85.5 Å². The molecule has 0 radical (unpaired) electrons. The molecule has 46 heavy (non-hydrogen) atoms. The number of benzene rings is 3. The molecule has 0 aliphatic heterocycles. The fraction of sp³-hybridized carbons (Fsp3) is 0.463. The van der Waals surface area contributed by atoms with E-state index in [0.717, 1.165) is 50.9 Å². The number of hydrogen-bond donors (Lipinski definition) is 0. The summed E-state index contributed by atoms with van der Waals surface area (Å²) in [5.41, 5.74) is 4.33. The molecule has 0 N–H and O–H groups in total. The van der Waals surface area contributed by atoms with Crippen molar-refractivity contribution in [2.45, 2.75) is 110 Å². The van der Waals surface area contributed by atoms with E-state index in [2.05, 4.69) is 37.8 Å². The van der Waals surface area contributed by atoms with E-state index in [1.54, 1.807) is 0 Å². The maximum Gasteiger partial charge on any atom is 0.343 e. The lowest BCUT2D eigenvalue weighted by molar-refractivity contribution is -0.137. The van der Waals surface area contributed by atoms with Crippen LogP contribution in [0.4, 0.5) is 0 Å². The number of rotatable bonds is 24. The topological polar surface area (TPSA) is 61.8 Å². The van der Waals surface area contributed by atoms with Crippen LogP contribution in [0, 0.1) is 0 Å². The summed E-state index contributed by atoms with van der Waals surface area (Å²) in [6.45, 7) is 6.87. The highest BCUT2D eigenvalue weighted by atomic mass is 16.5. The summed E-state index contributed by atoms with van der Waals surface area (Å²) < 4.78 is 16.6. The summed E-state index contributed by atoms with van der Waals surface area (Å²) in [6.07, 6.45) is 19.6. The Morgan fingerprint density at radius 1 is 0.565 bits per heavy atom. The zero-order valence-corrected chi connectivity index (χ0v) is 28.0. The molecule has 0 saturated carbocycles. The van der Waals surface area contributed by atoms with Gasteiger partial charge in [0.15, 0.2) is 0 Å². The van der Waals surface area contributed by atoms with Gasteiger partial charge in [-0.15, -0.1) is 0 Å². The molecule has 0 fully saturated rings. The highest BCUT2D eigenvalue weighted by Crippen LogP contribution is 2.19. The van der Waals surface area contributed by atoms with Crippen molar-refractivity contribution in [2.24, 2.45) is 0 Å². The minimum Gasteiger partial charge on any atom is -0.494 e. The second-order valence-electron chi connectivity index (χ2n) is 12.1. The van der Waals surface area contributed by atoms with Crippen LogP contribution in [0.25, 0.3) is 0 Å². The zero-order valence-electron chi connectivity index (χ0n) is 28.0. The fourth-order valence-electron chi connectivity index (χ4n) is 5.36. The smallest absolute Gasteiger partial charge is 0.343 e. The number of carbonyl (C=O) groups is 2. The Balaban J connectivity index is 1.23. The molecule has 0 saturated heterocycles. The molecule has 0 atom stereocenters. The Bertz CT molecular complexity index is 1260. The molecule has 0 aliphatic carbocycles. The maximum absolute atomic E-state index is 12.6. The lowest BCUT2D eigenvalue weighted by Gasteiger charge is -2.09. The van der Waals surface area contributed by atoms with E-state index >= 15 is 0 Å². The van der Waals surface area contributed by atoms with Gasteiger partial charge in [0.1, 0.15) is 11.5 Å². The Labute approximate surface area is 277 Å². The summed E-state index contributed by atoms with van der Waals surface area (Å²) in [5, 5.41) is 0. The van der Waals surface area contributed by atoms with Crippen LogP contribution in [0.1, 0.15) is 117 Å². The van der Waals surface area contributed by atoms with Crippen LogP contribution in [0.5, 0.6) is 11.5 Å². The predicted octanol–water partition coefficient (Wildman–Crippen LogP) is 10.4. The van der Waals surface area contributed by atoms with Crippen LogP contribution in [0.3, 0.4) is 0 Å². The molecule has 0 aromatic heterocycles. The first-order valence-corrected chi connectivity index (χ1v) is 17.5. The van der Waals surface area contributed by atoms with Crippen LogP contribution >= 0.6 is 0 Å². The lowest BCUT2D eigenvalue weighted by Crippen LogP contribution is -2.08. The van der Waals surface area contributed by atoms with Crippen LogP contribution in [0.2, 0.25) is 0 Å². The zero-order chi connectivity index (χ0) is 32.7. The van der Waals surface area contributed by atoms with Gasteiger partial charge in [-0.1, -0.05) is 114 Å². The van der Waals surface area contributed by atoms with Gasteiger partial charge < -0.3 is 14.2 Å². The van der Waals surface area contributed by atoms with E-state index < -0.39 is 0 Å². The third-order valence-corrected chi connectivity index (χ3v) is 8.24. The van der Waals surface area contributed by atoms with Crippen LogP contribution in [-0.4, -0.2) is 25.2 Å². The van der Waals surface area contributed by atoms with Gasteiger partial charge in [-0.3, -0.25) is 0 Å². The molecule has 3 aromatic rings. The number of carbonyl (C=O) groups excluding carboxylic acids is 2. The molecule has 0 heterocycles. The molecule has 3 aromatic carbocycles. The van der Waals surface area contributed by atoms with Crippen molar-refractivity contribution >= 4 is 11.9 Å². The summed E-state index contributed by atoms with van der Waals surface area (Å²) >= 11 is 0. The molecular formula is C41H54O5. The Hall–Kier alpha value is -3.86. The summed E-state index contributed by atoms with van der Waals surface area (Å²) in [6, 6.07) is 24.0. The van der Waals surface area contributed by atoms with Crippen LogP contribution < -0.4 is 9.47 Å². The van der Waals surface area contributed by atoms with Gasteiger partial charge >= 0.3 is 11.9 Å². The molecular weight excluding hydrogens is 572 g/mol. The Morgan fingerprint density at radius 2 is 1.04 bits per heavy atom. The molecule has 3 rings (SSSR count). The van der Waals surface area contributed by atoms with Crippen molar-refractivity contribution in [3.63, 3.8) is 0 Å². The van der Waals surface area contributed by atoms with E-state index in [0.29, 0.717) is 17.9 Å². The molecule has 248 valence electrons. The standard InChI is InChI=1S/C41H54O5/c1-3-5-6-14-17-34-20-26-37(27-21-34)41(43)46-39-30-24-36(25-31-39)19-18-35-22-28-38(29-23-35)44-32-15-12-10-8-7-9-11-13-16-33-45-40(42)4-2/h4,20-31H,2-3,5-19,32-33H2,1H3. The maximum atomic E-state index is 12.6. The van der Waals surface area contributed by atoms with Gasteiger partial charge in [0.2, 0.25) is 0 Å². The van der Waals surface area contributed by atoms with Gasteiger partial charge in [-0.25, -0.2) is 9.59 Å². The van der Waals surface area contributed by atoms with E-state index in [1.165, 1.54) is 87.0 Å². The Morgan fingerprint density at radius 3 is 1.61 bits per heavy atom. The van der Waals surface area contributed by atoms with Gasteiger partial charge in [0.25, 0.3) is 0 Å². The minimum absolute atomic E-state index is 0.321. The van der Waals surface area contributed by atoms with Crippen molar-refractivity contribution in [1.29, 1.82) is 0 Å². The van der Waals surface area contributed by atoms with Gasteiger partial charge in [-0.05, 0) is 91.6 Å². The second-order valence-corrected chi connectivity index (χ2v) is 12.1. The first-order valence-electron chi connectivity index (χ1n) is 17.5. The molecule has 0 amide bonds. The van der Waals surface area contributed by atoms with E-state index in [1.807, 2.05) is 48.5 Å². The predicted molar refractivity (Wildman–Crippen MR) is 188 cm³/mol. The second kappa shape index (κ2) is 22.6. The number of esters is 2. The molecule has 0 spiro atoms. The molecule has 0 aliphatic rings. The summed E-state index contributed by atoms with van der Waals surface area (Å²) in [5.74, 6) is 0.840. The molecule has 0 bridgehead atoms. The normalized spacial score (nSPS) is 10.8.